The van der Waals surface area contributed by atoms with Crippen LogP contribution in [0, 0.1) is 0 Å². The van der Waals surface area contributed by atoms with E-state index in [9.17, 15) is 4.79 Å². The van der Waals surface area contributed by atoms with Crippen molar-refractivity contribution in [3.63, 3.8) is 0 Å². The van der Waals surface area contributed by atoms with Gasteiger partial charge in [0.25, 0.3) is 0 Å². The van der Waals surface area contributed by atoms with Crippen LogP contribution in [0.1, 0.15) is 27.2 Å². The summed E-state index contributed by atoms with van der Waals surface area (Å²) >= 11 is 0. The molecule has 0 saturated carbocycles. The van der Waals surface area contributed by atoms with Gasteiger partial charge in [0.1, 0.15) is 5.60 Å². The van der Waals surface area contributed by atoms with Gasteiger partial charge in [-0.25, -0.2) is 4.79 Å². The molecule has 1 heterocycles. The number of nitrogens with one attached hydrogen (secondary N) is 2. The summed E-state index contributed by atoms with van der Waals surface area (Å²) in [5, 5.41) is 6.12. The highest BCUT2D eigenvalue weighted by Crippen LogP contribution is 2.11. The molecule has 2 unspecified atom stereocenters. The number of carbonyl (C=O) groups is 1. The molecule has 0 aromatic carbocycles. The van der Waals surface area contributed by atoms with E-state index in [1.54, 1.807) is 6.08 Å². The van der Waals surface area contributed by atoms with Crippen LogP contribution in [-0.4, -0.2) is 43.5 Å². The number of piperidine rings is 1. The van der Waals surface area contributed by atoms with Crippen LogP contribution in [-0.2, 0) is 9.47 Å². The molecule has 1 fully saturated rings. The molecule has 0 radical (unpaired) electrons. The first-order valence-corrected chi connectivity index (χ1v) is 6.35. The summed E-state index contributed by atoms with van der Waals surface area (Å²) < 4.78 is 10.9. The molecular formula is C13H24N2O3. The Labute approximate surface area is 109 Å². The van der Waals surface area contributed by atoms with Crippen molar-refractivity contribution in [2.75, 3.05) is 19.7 Å². The Hall–Kier alpha value is -1.07. The summed E-state index contributed by atoms with van der Waals surface area (Å²) in [5.41, 5.74) is -0.478. The van der Waals surface area contributed by atoms with E-state index in [0.29, 0.717) is 6.61 Å². The van der Waals surface area contributed by atoms with Crippen molar-refractivity contribution in [1.82, 2.24) is 10.6 Å². The number of hydrogen-bond acceptors (Lipinski definition) is 4. The monoisotopic (exact) mass is 256 g/mol. The number of carbonyl (C=O) groups excluding carboxylic acids is 1. The summed E-state index contributed by atoms with van der Waals surface area (Å²) in [6.07, 6.45) is 2.12. The zero-order valence-corrected chi connectivity index (χ0v) is 11.5. The lowest BCUT2D eigenvalue weighted by atomic mass is 10.0. The number of alkyl carbamates (subject to hydrolysis) is 1. The van der Waals surface area contributed by atoms with Gasteiger partial charge in [0.2, 0.25) is 0 Å². The average molecular weight is 256 g/mol. The van der Waals surface area contributed by atoms with Gasteiger partial charge in [-0.1, -0.05) is 6.08 Å². The molecule has 0 aromatic rings. The second-order valence-electron chi connectivity index (χ2n) is 5.41. The van der Waals surface area contributed by atoms with Crippen LogP contribution in [0.15, 0.2) is 12.7 Å². The molecule has 1 aliphatic rings. The molecule has 1 saturated heterocycles. The molecule has 0 aromatic heterocycles. The summed E-state index contributed by atoms with van der Waals surface area (Å²) in [6.45, 7) is 11.3. The maximum Gasteiger partial charge on any atom is 0.407 e. The van der Waals surface area contributed by atoms with E-state index in [-0.39, 0.29) is 18.2 Å². The molecule has 5 nitrogen and oxygen atoms in total. The maximum absolute atomic E-state index is 11.7. The fourth-order valence-electron chi connectivity index (χ4n) is 1.82. The summed E-state index contributed by atoms with van der Waals surface area (Å²) in [6, 6.07) is -0.0129. The minimum absolute atomic E-state index is 0.0129. The molecule has 0 bridgehead atoms. The third-order valence-electron chi connectivity index (χ3n) is 2.56. The molecule has 0 spiro atoms. The molecule has 5 heteroatoms. The van der Waals surface area contributed by atoms with Gasteiger partial charge in [-0.3, -0.25) is 0 Å². The maximum atomic E-state index is 11.7. The van der Waals surface area contributed by atoms with E-state index in [4.69, 9.17) is 9.47 Å². The quantitative estimate of drug-likeness (QED) is 0.747. The topological polar surface area (TPSA) is 59.6 Å². The van der Waals surface area contributed by atoms with Crippen molar-refractivity contribution >= 4 is 6.09 Å². The molecule has 1 rings (SSSR count). The van der Waals surface area contributed by atoms with E-state index < -0.39 is 5.60 Å². The van der Waals surface area contributed by atoms with Crippen LogP contribution in [0.3, 0.4) is 0 Å². The predicted molar refractivity (Wildman–Crippen MR) is 70.6 cm³/mol. The molecule has 2 atom stereocenters. The SMILES string of the molecule is C=CCOC1CNCCC1NC(=O)OC(C)(C)C. The largest absolute Gasteiger partial charge is 0.444 e. The smallest absolute Gasteiger partial charge is 0.407 e. The second-order valence-corrected chi connectivity index (χ2v) is 5.41. The van der Waals surface area contributed by atoms with E-state index >= 15 is 0 Å². The van der Waals surface area contributed by atoms with Crippen molar-refractivity contribution in [2.45, 2.75) is 44.9 Å². The molecule has 0 aliphatic carbocycles. The first-order valence-electron chi connectivity index (χ1n) is 6.35. The normalized spacial score (nSPS) is 24.4. The molecular weight excluding hydrogens is 232 g/mol. The first-order chi connectivity index (χ1) is 8.42. The summed E-state index contributed by atoms with van der Waals surface area (Å²) in [7, 11) is 0. The minimum atomic E-state index is -0.478. The van der Waals surface area contributed by atoms with Crippen molar-refractivity contribution in [1.29, 1.82) is 0 Å². The third-order valence-corrected chi connectivity index (χ3v) is 2.56. The Morgan fingerprint density at radius 2 is 2.28 bits per heavy atom. The highest BCUT2D eigenvalue weighted by Gasteiger charge is 2.28. The van der Waals surface area contributed by atoms with Crippen molar-refractivity contribution in [2.24, 2.45) is 0 Å². The van der Waals surface area contributed by atoms with Crippen LogP contribution >= 0.6 is 0 Å². The fraction of sp³-hybridized carbons (Fsp3) is 0.769. The van der Waals surface area contributed by atoms with E-state index in [1.165, 1.54) is 0 Å². The van der Waals surface area contributed by atoms with Gasteiger partial charge < -0.3 is 20.1 Å². The van der Waals surface area contributed by atoms with E-state index in [1.807, 2.05) is 20.8 Å². The van der Waals surface area contributed by atoms with Gasteiger partial charge in [-0.05, 0) is 33.7 Å². The molecule has 104 valence electrons. The minimum Gasteiger partial charge on any atom is -0.444 e. The van der Waals surface area contributed by atoms with Crippen LogP contribution in [0.4, 0.5) is 4.79 Å². The average Bonchev–Trinajstić information content (AvgIpc) is 2.25. The Balaban J connectivity index is 2.45. The number of hydrogen-bond donors (Lipinski definition) is 2. The number of rotatable bonds is 4. The lowest BCUT2D eigenvalue weighted by molar-refractivity contribution is 0.0153. The fourth-order valence-corrected chi connectivity index (χ4v) is 1.82. The lowest BCUT2D eigenvalue weighted by Gasteiger charge is -2.33. The standard InChI is InChI=1S/C13H24N2O3/c1-5-8-17-11-9-14-7-6-10(11)15-12(16)18-13(2,3)4/h5,10-11,14H,1,6-9H2,2-4H3,(H,15,16). The highest BCUT2D eigenvalue weighted by atomic mass is 16.6. The Morgan fingerprint density at radius 1 is 1.56 bits per heavy atom. The Morgan fingerprint density at radius 3 is 2.89 bits per heavy atom. The molecule has 18 heavy (non-hydrogen) atoms. The second kappa shape index (κ2) is 6.75. The van der Waals surface area contributed by atoms with E-state index in [2.05, 4.69) is 17.2 Å². The van der Waals surface area contributed by atoms with Crippen molar-refractivity contribution < 1.29 is 14.3 Å². The van der Waals surface area contributed by atoms with Crippen LogP contribution in [0.25, 0.3) is 0 Å². The van der Waals surface area contributed by atoms with Gasteiger partial charge in [0.05, 0.1) is 18.8 Å². The van der Waals surface area contributed by atoms with Gasteiger partial charge in [0, 0.05) is 6.54 Å². The van der Waals surface area contributed by atoms with E-state index in [0.717, 1.165) is 19.5 Å². The number of ether oxygens (including phenoxy) is 2. The van der Waals surface area contributed by atoms with Crippen molar-refractivity contribution in [3.8, 4) is 0 Å². The first kappa shape index (κ1) is 15.0. The lowest BCUT2D eigenvalue weighted by Crippen LogP contribution is -2.54. The predicted octanol–water partition coefficient (Wildman–Crippen LogP) is 1.44. The number of amides is 1. The zero-order chi connectivity index (χ0) is 13.6. The Bertz CT molecular complexity index is 286. The van der Waals surface area contributed by atoms with Gasteiger partial charge in [-0.15, -0.1) is 6.58 Å². The molecule has 2 N–H and O–H groups in total. The molecule has 1 aliphatic heterocycles. The Kier molecular flexibility index (Phi) is 5.62. The summed E-state index contributed by atoms with van der Waals surface area (Å²) in [4.78, 5) is 11.7. The van der Waals surface area contributed by atoms with Gasteiger partial charge in [-0.2, -0.15) is 0 Å². The highest BCUT2D eigenvalue weighted by molar-refractivity contribution is 5.68. The van der Waals surface area contributed by atoms with Crippen LogP contribution in [0.2, 0.25) is 0 Å². The summed E-state index contributed by atoms with van der Waals surface area (Å²) in [5.74, 6) is 0. The zero-order valence-electron chi connectivity index (χ0n) is 11.5. The van der Waals surface area contributed by atoms with Gasteiger partial charge >= 0.3 is 6.09 Å². The van der Waals surface area contributed by atoms with Gasteiger partial charge in [0.15, 0.2) is 0 Å². The third kappa shape index (κ3) is 5.51. The van der Waals surface area contributed by atoms with Crippen LogP contribution in [0.5, 0.6) is 0 Å². The van der Waals surface area contributed by atoms with Crippen molar-refractivity contribution in [3.05, 3.63) is 12.7 Å². The van der Waals surface area contributed by atoms with Crippen LogP contribution < -0.4 is 10.6 Å². The molecule has 1 amide bonds.